The summed E-state index contributed by atoms with van der Waals surface area (Å²) >= 11 is 1.09. The first-order valence-corrected chi connectivity index (χ1v) is 6.87. The van der Waals surface area contributed by atoms with Crippen LogP contribution < -0.4 is 11.0 Å². The van der Waals surface area contributed by atoms with Crippen molar-refractivity contribution in [3.8, 4) is 0 Å². The number of carbonyl (C=O) groups is 2. The molecule has 1 heterocycles. The molecule has 1 amide bonds. The van der Waals surface area contributed by atoms with E-state index in [1.165, 1.54) is 13.8 Å². The third-order valence-electron chi connectivity index (χ3n) is 2.54. The number of aliphatic hydroxyl groups excluding tert-OH is 1. The van der Waals surface area contributed by atoms with Gasteiger partial charge >= 0.3 is 11.7 Å². The highest BCUT2D eigenvalue weighted by Gasteiger charge is 2.27. The van der Waals surface area contributed by atoms with Gasteiger partial charge in [-0.05, 0) is 20.1 Å². The number of nitrogens with zero attached hydrogens (tertiary/aromatic N) is 1. The van der Waals surface area contributed by atoms with Crippen LogP contribution in [0.25, 0.3) is 0 Å². The lowest BCUT2D eigenvalue weighted by atomic mass is 10.1. The van der Waals surface area contributed by atoms with E-state index >= 15 is 0 Å². The molecule has 20 heavy (non-hydrogen) atoms. The number of amides is 1. The summed E-state index contributed by atoms with van der Waals surface area (Å²) in [5, 5.41) is 20.7. The molecule has 0 unspecified atom stereocenters. The van der Waals surface area contributed by atoms with Gasteiger partial charge in [-0.15, -0.1) is 11.8 Å². The summed E-state index contributed by atoms with van der Waals surface area (Å²) < 4.78 is 0. The van der Waals surface area contributed by atoms with Gasteiger partial charge in [-0.3, -0.25) is 4.79 Å². The minimum atomic E-state index is -1.44. The molecule has 1 aromatic heterocycles. The smallest absolute Gasteiger partial charge is 0.346 e. The molecule has 0 saturated heterocycles. The molecule has 0 saturated carbocycles. The summed E-state index contributed by atoms with van der Waals surface area (Å²) in [5.41, 5.74) is -0.223. The Morgan fingerprint density at radius 2 is 2.05 bits per heavy atom. The van der Waals surface area contributed by atoms with Gasteiger partial charge in [0.2, 0.25) is 0 Å². The molecule has 0 aliphatic heterocycles. The monoisotopic (exact) mass is 301 g/mol. The zero-order chi connectivity index (χ0) is 15.4. The van der Waals surface area contributed by atoms with E-state index in [1.807, 2.05) is 0 Å². The fraction of sp³-hybridized carbons (Fsp3) is 0.455. The quantitative estimate of drug-likeness (QED) is 0.420. The Labute approximate surface area is 118 Å². The standard InChI is InChI=1S/C11H15N3O5S/c1-4-6(9(20-3)14-11(19)12-4)8(16)13-7(5(2)15)10(17)18/h5,7,15H,1-3H3,(H,13,16)(H,17,18)(H,12,14,19)/t5-,7+/m1/s1. The van der Waals surface area contributed by atoms with Crippen LogP contribution in [0.2, 0.25) is 0 Å². The van der Waals surface area contributed by atoms with Crippen LogP contribution in [-0.4, -0.2) is 50.5 Å². The molecule has 0 spiro atoms. The van der Waals surface area contributed by atoms with Crippen molar-refractivity contribution in [2.75, 3.05) is 6.26 Å². The lowest BCUT2D eigenvalue weighted by Crippen LogP contribution is -2.48. The zero-order valence-electron chi connectivity index (χ0n) is 11.1. The maximum absolute atomic E-state index is 12.1. The lowest BCUT2D eigenvalue weighted by molar-refractivity contribution is -0.141. The minimum Gasteiger partial charge on any atom is -0.480 e. The molecule has 0 aliphatic carbocycles. The minimum absolute atomic E-state index is 0.0870. The van der Waals surface area contributed by atoms with Crippen molar-refractivity contribution < 1.29 is 19.8 Å². The van der Waals surface area contributed by atoms with Crippen molar-refractivity contribution in [2.24, 2.45) is 0 Å². The van der Waals surface area contributed by atoms with E-state index in [9.17, 15) is 19.5 Å². The first-order valence-electron chi connectivity index (χ1n) is 5.64. The van der Waals surface area contributed by atoms with Crippen LogP contribution in [-0.2, 0) is 4.79 Å². The van der Waals surface area contributed by atoms with Gasteiger partial charge in [0.15, 0.2) is 6.04 Å². The summed E-state index contributed by atoms with van der Waals surface area (Å²) in [4.78, 5) is 40.3. The number of hydrogen-bond donors (Lipinski definition) is 4. The molecular formula is C11H15N3O5S. The second kappa shape index (κ2) is 6.53. The molecule has 0 fully saturated rings. The fourth-order valence-electron chi connectivity index (χ4n) is 1.58. The Morgan fingerprint density at radius 3 is 2.50 bits per heavy atom. The second-order valence-corrected chi connectivity index (χ2v) is 4.88. The molecule has 1 aromatic rings. The molecule has 1 rings (SSSR count). The SMILES string of the molecule is CSc1nc(=O)[nH]c(C)c1C(=O)N[C@H](C(=O)O)[C@@H](C)O. The van der Waals surface area contributed by atoms with Gasteiger partial charge < -0.3 is 20.5 Å². The maximum atomic E-state index is 12.1. The Bertz CT molecular complexity index is 584. The van der Waals surface area contributed by atoms with Gasteiger partial charge in [0.1, 0.15) is 5.03 Å². The highest BCUT2D eigenvalue weighted by molar-refractivity contribution is 7.98. The number of hydrogen-bond acceptors (Lipinski definition) is 6. The Hall–Kier alpha value is -1.87. The topological polar surface area (TPSA) is 132 Å². The predicted molar refractivity (Wildman–Crippen MR) is 71.9 cm³/mol. The summed E-state index contributed by atoms with van der Waals surface area (Å²) in [7, 11) is 0. The third-order valence-corrected chi connectivity index (χ3v) is 3.22. The van der Waals surface area contributed by atoms with E-state index in [0.717, 1.165) is 11.8 Å². The highest BCUT2D eigenvalue weighted by atomic mass is 32.2. The average Bonchev–Trinajstić information content (AvgIpc) is 2.33. The van der Waals surface area contributed by atoms with E-state index in [0.29, 0.717) is 0 Å². The highest BCUT2D eigenvalue weighted by Crippen LogP contribution is 2.18. The average molecular weight is 301 g/mol. The van der Waals surface area contributed by atoms with Crippen molar-refractivity contribution in [1.82, 2.24) is 15.3 Å². The largest absolute Gasteiger partial charge is 0.480 e. The summed E-state index contributed by atoms with van der Waals surface area (Å²) in [5.74, 6) is -2.07. The summed E-state index contributed by atoms with van der Waals surface area (Å²) in [6.45, 7) is 2.77. The number of carbonyl (C=O) groups excluding carboxylic acids is 1. The molecule has 2 atom stereocenters. The predicted octanol–water partition coefficient (Wildman–Crippen LogP) is -0.636. The van der Waals surface area contributed by atoms with Crippen LogP contribution in [0.5, 0.6) is 0 Å². The lowest BCUT2D eigenvalue weighted by Gasteiger charge is -2.18. The molecule has 4 N–H and O–H groups in total. The normalized spacial score (nSPS) is 13.6. The number of aromatic amines is 1. The maximum Gasteiger partial charge on any atom is 0.346 e. The van der Waals surface area contributed by atoms with Gasteiger partial charge in [0.05, 0.1) is 11.7 Å². The molecule has 110 valence electrons. The van der Waals surface area contributed by atoms with Gasteiger partial charge in [0.25, 0.3) is 5.91 Å². The number of aliphatic hydroxyl groups is 1. The Kier molecular flexibility index (Phi) is 5.28. The second-order valence-electron chi connectivity index (χ2n) is 4.08. The first kappa shape index (κ1) is 16.2. The van der Waals surface area contributed by atoms with Crippen LogP contribution in [0.4, 0.5) is 0 Å². The van der Waals surface area contributed by atoms with E-state index in [1.54, 1.807) is 6.26 Å². The summed E-state index contributed by atoms with van der Waals surface area (Å²) in [6, 6.07) is -1.44. The fourth-order valence-corrected chi connectivity index (χ4v) is 2.20. The van der Waals surface area contributed by atoms with Crippen LogP contribution in [0, 0.1) is 6.92 Å². The van der Waals surface area contributed by atoms with E-state index < -0.39 is 29.7 Å². The first-order chi connectivity index (χ1) is 9.27. The number of carboxylic acid groups (broad SMARTS) is 1. The van der Waals surface area contributed by atoms with E-state index in [4.69, 9.17) is 5.11 Å². The molecule has 9 heteroatoms. The van der Waals surface area contributed by atoms with Gasteiger partial charge in [-0.25, -0.2) is 9.59 Å². The number of nitrogens with one attached hydrogen (secondary N) is 2. The van der Waals surface area contributed by atoms with Crippen molar-refractivity contribution in [2.45, 2.75) is 31.0 Å². The van der Waals surface area contributed by atoms with Crippen LogP contribution in [0.3, 0.4) is 0 Å². The molecular weight excluding hydrogens is 286 g/mol. The molecule has 0 aliphatic rings. The number of carboxylic acids is 1. The number of aliphatic carboxylic acids is 1. The number of H-pyrrole nitrogens is 1. The third kappa shape index (κ3) is 3.58. The molecule has 0 bridgehead atoms. The number of rotatable bonds is 5. The van der Waals surface area contributed by atoms with Crippen LogP contribution in [0.1, 0.15) is 23.0 Å². The number of aryl methyl sites for hydroxylation is 1. The van der Waals surface area contributed by atoms with Crippen molar-refractivity contribution in [1.29, 1.82) is 0 Å². The van der Waals surface area contributed by atoms with Crippen molar-refractivity contribution in [3.63, 3.8) is 0 Å². The van der Waals surface area contributed by atoms with Gasteiger partial charge in [0, 0.05) is 5.69 Å². The molecule has 8 nitrogen and oxygen atoms in total. The van der Waals surface area contributed by atoms with Crippen molar-refractivity contribution in [3.05, 3.63) is 21.7 Å². The van der Waals surface area contributed by atoms with E-state index in [-0.39, 0.29) is 16.3 Å². The van der Waals surface area contributed by atoms with Gasteiger partial charge in [-0.2, -0.15) is 4.98 Å². The van der Waals surface area contributed by atoms with Crippen LogP contribution in [0.15, 0.2) is 9.82 Å². The van der Waals surface area contributed by atoms with Crippen LogP contribution >= 0.6 is 11.8 Å². The zero-order valence-corrected chi connectivity index (χ0v) is 11.9. The molecule has 0 aromatic carbocycles. The van der Waals surface area contributed by atoms with E-state index in [2.05, 4.69) is 15.3 Å². The van der Waals surface area contributed by atoms with Gasteiger partial charge in [-0.1, -0.05) is 0 Å². The Morgan fingerprint density at radius 1 is 1.45 bits per heavy atom. The number of aromatic nitrogens is 2. The summed E-state index contributed by atoms with van der Waals surface area (Å²) in [6.07, 6.45) is 0.381. The van der Waals surface area contributed by atoms with Crippen molar-refractivity contribution >= 4 is 23.6 Å². The molecule has 0 radical (unpaired) electrons. The number of thioether (sulfide) groups is 1. The Balaban J connectivity index is 3.15.